The van der Waals surface area contributed by atoms with Gasteiger partial charge >= 0.3 is 0 Å². The monoisotopic (exact) mass is 305 g/mol. The topological polar surface area (TPSA) is 85.6 Å². The van der Waals surface area contributed by atoms with Crippen LogP contribution < -0.4 is 10.6 Å². The number of aromatic nitrogens is 1. The first-order chi connectivity index (χ1) is 10.7. The average Bonchev–Trinajstić information content (AvgIpc) is 2.89. The Morgan fingerprint density at radius 3 is 3.18 bits per heavy atom. The number of nitrogens with zero attached hydrogens (tertiary/aromatic N) is 1. The fourth-order valence-corrected chi connectivity index (χ4v) is 2.49. The predicted molar refractivity (Wildman–Crippen MR) is 80.6 cm³/mol. The number of anilines is 1. The molecule has 0 bridgehead atoms. The highest BCUT2D eigenvalue weighted by Gasteiger charge is 2.28. The van der Waals surface area contributed by atoms with Crippen LogP contribution in [0.2, 0.25) is 0 Å². The van der Waals surface area contributed by atoms with E-state index in [1.807, 2.05) is 6.92 Å². The number of rotatable bonds is 4. The summed E-state index contributed by atoms with van der Waals surface area (Å²) in [5.74, 6) is 0.393. The molecule has 1 saturated heterocycles. The van der Waals surface area contributed by atoms with Gasteiger partial charge in [-0.15, -0.1) is 0 Å². The van der Waals surface area contributed by atoms with Crippen molar-refractivity contribution in [2.45, 2.75) is 25.7 Å². The Kier molecular flexibility index (Phi) is 4.37. The van der Waals surface area contributed by atoms with Crippen molar-refractivity contribution >= 4 is 22.7 Å². The van der Waals surface area contributed by atoms with E-state index in [2.05, 4.69) is 15.6 Å². The number of benzene rings is 1. The van der Waals surface area contributed by atoms with Crippen LogP contribution in [0.5, 0.6) is 0 Å². The summed E-state index contributed by atoms with van der Waals surface area (Å²) in [6.07, 6.45) is -0.155. The molecular formula is C15H19N3O4. The predicted octanol–water partition coefficient (Wildman–Crippen LogP) is 1.29. The van der Waals surface area contributed by atoms with E-state index in [9.17, 15) is 4.79 Å². The molecule has 2 N–H and O–H groups in total. The van der Waals surface area contributed by atoms with Crippen LogP contribution in [0.3, 0.4) is 0 Å². The number of ether oxygens (including phenoxy) is 2. The van der Waals surface area contributed by atoms with Gasteiger partial charge in [-0.05, 0) is 25.1 Å². The van der Waals surface area contributed by atoms with Gasteiger partial charge in [-0.1, -0.05) is 0 Å². The average molecular weight is 305 g/mol. The molecule has 1 aromatic carbocycles. The van der Waals surface area contributed by atoms with Crippen LogP contribution in [0.15, 0.2) is 22.6 Å². The first-order valence-corrected chi connectivity index (χ1v) is 7.21. The lowest BCUT2D eigenvalue weighted by Crippen LogP contribution is -2.53. The van der Waals surface area contributed by atoms with Gasteiger partial charge in [-0.25, -0.2) is 4.98 Å². The highest BCUT2D eigenvalue weighted by molar-refractivity contribution is 5.96. The standard InChI is InChI=1S/C15H19N3O4/c1-9-14(16-5-6-21-9)15(19)17-10-3-4-12-11(7-10)18-13(22-12)8-20-2/h3-4,7,9,14,16H,5-6,8H2,1-2H3,(H,17,19)/t9-,14+/m1/s1. The maximum absolute atomic E-state index is 12.3. The summed E-state index contributed by atoms with van der Waals surface area (Å²) in [6, 6.07) is 5.00. The van der Waals surface area contributed by atoms with Gasteiger partial charge in [-0.3, -0.25) is 4.79 Å². The van der Waals surface area contributed by atoms with Gasteiger partial charge in [0.15, 0.2) is 5.58 Å². The van der Waals surface area contributed by atoms with Crippen molar-refractivity contribution in [2.24, 2.45) is 0 Å². The minimum atomic E-state index is -0.356. The molecular weight excluding hydrogens is 286 g/mol. The molecule has 1 fully saturated rings. The fraction of sp³-hybridized carbons (Fsp3) is 0.467. The van der Waals surface area contributed by atoms with Crippen molar-refractivity contribution in [2.75, 3.05) is 25.6 Å². The van der Waals surface area contributed by atoms with Crippen molar-refractivity contribution in [3.05, 3.63) is 24.1 Å². The van der Waals surface area contributed by atoms with E-state index in [1.54, 1.807) is 25.3 Å². The van der Waals surface area contributed by atoms with Gasteiger partial charge in [-0.2, -0.15) is 0 Å². The van der Waals surface area contributed by atoms with Crippen LogP contribution >= 0.6 is 0 Å². The molecule has 1 aliphatic heterocycles. The number of morpholine rings is 1. The van der Waals surface area contributed by atoms with E-state index in [4.69, 9.17) is 13.9 Å². The molecule has 0 saturated carbocycles. The van der Waals surface area contributed by atoms with Crippen LogP contribution in [0.1, 0.15) is 12.8 Å². The van der Waals surface area contributed by atoms with Crippen LogP contribution in [0.25, 0.3) is 11.1 Å². The van der Waals surface area contributed by atoms with Gasteiger partial charge in [0.05, 0.1) is 12.7 Å². The van der Waals surface area contributed by atoms with Crippen molar-refractivity contribution in [1.29, 1.82) is 0 Å². The Bertz CT molecular complexity index is 670. The van der Waals surface area contributed by atoms with E-state index >= 15 is 0 Å². The van der Waals surface area contributed by atoms with Crippen LogP contribution in [-0.4, -0.2) is 43.3 Å². The van der Waals surface area contributed by atoms with Gasteiger partial charge in [0, 0.05) is 19.3 Å². The molecule has 0 spiro atoms. The lowest BCUT2D eigenvalue weighted by atomic mass is 10.1. The van der Waals surface area contributed by atoms with E-state index in [0.29, 0.717) is 42.4 Å². The molecule has 7 heteroatoms. The summed E-state index contributed by atoms with van der Waals surface area (Å²) in [5, 5.41) is 6.04. The summed E-state index contributed by atoms with van der Waals surface area (Å²) in [7, 11) is 1.58. The molecule has 0 aliphatic carbocycles. The van der Waals surface area contributed by atoms with Crippen LogP contribution in [-0.2, 0) is 20.9 Å². The first-order valence-electron chi connectivity index (χ1n) is 7.21. The lowest BCUT2D eigenvalue weighted by molar-refractivity contribution is -0.123. The fourth-order valence-electron chi connectivity index (χ4n) is 2.49. The minimum Gasteiger partial charge on any atom is -0.438 e. The second-order valence-electron chi connectivity index (χ2n) is 5.22. The third-order valence-electron chi connectivity index (χ3n) is 3.57. The number of carbonyl (C=O) groups excluding carboxylic acids is 1. The summed E-state index contributed by atoms with van der Waals surface area (Å²) in [6.45, 7) is 3.49. The third-order valence-corrected chi connectivity index (χ3v) is 3.57. The van der Waals surface area contributed by atoms with Gasteiger partial charge < -0.3 is 24.5 Å². The number of oxazole rings is 1. The molecule has 2 atom stereocenters. The second kappa shape index (κ2) is 6.43. The summed E-state index contributed by atoms with van der Waals surface area (Å²) < 4.78 is 16.0. The zero-order valence-electron chi connectivity index (χ0n) is 12.6. The molecule has 1 aromatic heterocycles. The number of nitrogens with one attached hydrogen (secondary N) is 2. The highest BCUT2D eigenvalue weighted by Crippen LogP contribution is 2.21. The quantitative estimate of drug-likeness (QED) is 0.885. The van der Waals surface area contributed by atoms with Gasteiger partial charge in [0.1, 0.15) is 18.2 Å². The Balaban J connectivity index is 1.74. The van der Waals surface area contributed by atoms with Crippen LogP contribution in [0.4, 0.5) is 5.69 Å². The van der Waals surface area contributed by atoms with Crippen molar-refractivity contribution < 1.29 is 18.7 Å². The van der Waals surface area contributed by atoms with E-state index in [-0.39, 0.29) is 18.1 Å². The number of hydrogen-bond acceptors (Lipinski definition) is 6. The number of amides is 1. The maximum atomic E-state index is 12.3. The Labute approximate surface area is 128 Å². The maximum Gasteiger partial charge on any atom is 0.244 e. The normalized spacial score (nSPS) is 21.9. The summed E-state index contributed by atoms with van der Waals surface area (Å²) in [4.78, 5) is 16.6. The largest absolute Gasteiger partial charge is 0.438 e. The zero-order valence-corrected chi connectivity index (χ0v) is 12.6. The SMILES string of the molecule is COCc1nc2cc(NC(=O)[C@H]3NCCO[C@@H]3C)ccc2o1. The molecule has 2 aromatic rings. The third kappa shape index (κ3) is 3.11. The number of fused-ring (bicyclic) bond motifs is 1. The summed E-state index contributed by atoms with van der Waals surface area (Å²) >= 11 is 0. The van der Waals surface area contributed by atoms with E-state index < -0.39 is 0 Å². The van der Waals surface area contributed by atoms with E-state index in [1.165, 1.54) is 0 Å². The molecule has 1 aliphatic rings. The highest BCUT2D eigenvalue weighted by atomic mass is 16.5. The van der Waals surface area contributed by atoms with Crippen molar-refractivity contribution in [3.63, 3.8) is 0 Å². The van der Waals surface area contributed by atoms with E-state index in [0.717, 1.165) is 0 Å². The zero-order chi connectivity index (χ0) is 15.5. The Morgan fingerprint density at radius 1 is 1.55 bits per heavy atom. The molecule has 2 heterocycles. The smallest absolute Gasteiger partial charge is 0.244 e. The molecule has 1 amide bonds. The molecule has 7 nitrogen and oxygen atoms in total. The second-order valence-corrected chi connectivity index (χ2v) is 5.22. The summed E-state index contributed by atoms with van der Waals surface area (Å²) in [5.41, 5.74) is 2.03. The van der Waals surface area contributed by atoms with Crippen LogP contribution in [0, 0.1) is 0 Å². The molecule has 118 valence electrons. The minimum absolute atomic E-state index is 0.118. The lowest BCUT2D eigenvalue weighted by Gasteiger charge is -2.29. The Morgan fingerprint density at radius 2 is 2.41 bits per heavy atom. The number of methoxy groups -OCH3 is 1. The Hall–Kier alpha value is -1.96. The van der Waals surface area contributed by atoms with Crippen molar-refractivity contribution in [3.8, 4) is 0 Å². The molecule has 0 unspecified atom stereocenters. The van der Waals surface area contributed by atoms with Gasteiger partial charge in [0.25, 0.3) is 0 Å². The first kappa shape index (κ1) is 15.0. The molecule has 0 radical (unpaired) electrons. The van der Waals surface area contributed by atoms with Gasteiger partial charge in [0.2, 0.25) is 11.8 Å². The molecule has 3 rings (SSSR count). The number of carbonyl (C=O) groups is 1. The molecule has 22 heavy (non-hydrogen) atoms. The van der Waals surface area contributed by atoms with Crippen molar-refractivity contribution in [1.82, 2.24) is 10.3 Å². The number of hydrogen-bond donors (Lipinski definition) is 2.